The van der Waals surface area contributed by atoms with E-state index in [1.165, 1.54) is 22.5 Å². The van der Waals surface area contributed by atoms with Crippen LogP contribution >= 0.6 is 11.3 Å². The van der Waals surface area contributed by atoms with Crippen LogP contribution in [0.4, 0.5) is 11.4 Å². The summed E-state index contributed by atoms with van der Waals surface area (Å²) in [5, 5.41) is 14.5. The Hall–Kier alpha value is -3.97. The van der Waals surface area contributed by atoms with Gasteiger partial charge in [-0.1, -0.05) is 65.9 Å². The van der Waals surface area contributed by atoms with Gasteiger partial charge in [-0.25, -0.2) is 4.99 Å². The Morgan fingerprint density at radius 3 is 2.57 bits per heavy atom. The van der Waals surface area contributed by atoms with E-state index >= 15 is 0 Å². The van der Waals surface area contributed by atoms with Crippen molar-refractivity contribution in [3.05, 3.63) is 105 Å². The predicted octanol–water partition coefficient (Wildman–Crippen LogP) is 6.14. The van der Waals surface area contributed by atoms with Gasteiger partial charge in [0.15, 0.2) is 10.6 Å². The summed E-state index contributed by atoms with van der Waals surface area (Å²) in [6.07, 6.45) is 2.57. The number of Topliss-reactive ketones (excluding diaryl/α,β-unsaturated/α-hetero) is 1. The minimum Gasteiger partial charge on any atom is -0.493 e. The van der Waals surface area contributed by atoms with Crippen LogP contribution in [-0.4, -0.2) is 34.8 Å². The van der Waals surface area contributed by atoms with Crippen molar-refractivity contribution in [1.29, 1.82) is 0 Å². The van der Waals surface area contributed by atoms with Crippen molar-refractivity contribution < 1.29 is 9.90 Å². The summed E-state index contributed by atoms with van der Waals surface area (Å²) in [4.78, 5) is 22.8. The summed E-state index contributed by atoms with van der Waals surface area (Å²) in [6, 6.07) is 23.7. The number of anilines is 1. The quantitative estimate of drug-likeness (QED) is 0.198. The molecule has 37 heavy (non-hydrogen) atoms. The first-order chi connectivity index (χ1) is 18.0. The molecule has 2 N–H and O–H groups in total. The van der Waals surface area contributed by atoms with Gasteiger partial charge in [-0.05, 0) is 62.1 Å². The summed E-state index contributed by atoms with van der Waals surface area (Å²) < 4.78 is 1.79. The van der Waals surface area contributed by atoms with Crippen LogP contribution in [-0.2, 0) is 13.0 Å². The SMILES string of the molecule is CCNc1ccc(C(C)=O)cc1N=c1sc(C=NCCc2ccccc2C)c(O)n1Cc1ccccc1. The smallest absolute Gasteiger partial charge is 0.213 e. The highest BCUT2D eigenvalue weighted by molar-refractivity contribution is 7.11. The molecule has 0 saturated carbocycles. The van der Waals surface area contributed by atoms with Crippen molar-refractivity contribution in [1.82, 2.24) is 4.57 Å². The Kier molecular flexibility index (Phi) is 8.69. The normalized spacial score (nSPS) is 11.8. The van der Waals surface area contributed by atoms with Gasteiger partial charge < -0.3 is 10.4 Å². The molecule has 1 aromatic heterocycles. The minimum atomic E-state index is -0.0211. The molecule has 0 spiro atoms. The lowest BCUT2D eigenvalue weighted by atomic mass is 10.1. The van der Waals surface area contributed by atoms with Gasteiger partial charge in [0.2, 0.25) is 5.88 Å². The lowest BCUT2D eigenvalue weighted by Crippen LogP contribution is -2.15. The van der Waals surface area contributed by atoms with E-state index in [1.807, 2.05) is 55.5 Å². The fraction of sp³-hybridized carbons (Fsp3) is 0.233. The molecule has 0 unspecified atom stereocenters. The number of aryl methyl sites for hydroxylation is 1. The molecule has 6 nitrogen and oxygen atoms in total. The van der Waals surface area contributed by atoms with Crippen molar-refractivity contribution in [3.63, 3.8) is 0 Å². The third kappa shape index (κ3) is 6.62. The van der Waals surface area contributed by atoms with Crippen molar-refractivity contribution in [2.75, 3.05) is 18.4 Å². The number of aliphatic imine (C=N–C) groups is 1. The molecule has 1 heterocycles. The summed E-state index contributed by atoms with van der Waals surface area (Å²) in [7, 11) is 0. The van der Waals surface area contributed by atoms with Crippen molar-refractivity contribution in [2.24, 2.45) is 9.98 Å². The third-order valence-electron chi connectivity index (χ3n) is 6.06. The van der Waals surface area contributed by atoms with Crippen LogP contribution in [0.2, 0.25) is 0 Å². The number of nitrogens with zero attached hydrogens (tertiary/aromatic N) is 3. The molecule has 4 aromatic rings. The number of ketones is 1. The predicted molar refractivity (Wildman–Crippen MR) is 153 cm³/mol. The first-order valence-corrected chi connectivity index (χ1v) is 13.2. The summed E-state index contributed by atoms with van der Waals surface area (Å²) in [5.41, 5.74) is 5.65. The molecule has 0 saturated heterocycles. The Bertz CT molecular complexity index is 1470. The van der Waals surface area contributed by atoms with E-state index in [4.69, 9.17) is 4.99 Å². The summed E-state index contributed by atoms with van der Waals surface area (Å²) >= 11 is 1.37. The number of benzene rings is 3. The highest BCUT2D eigenvalue weighted by Gasteiger charge is 2.14. The standard InChI is InChI=1S/C30H32N4O2S/c1-4-32-26-15-14-25(22(3)35)18-27(26)33-30-34(20-23-11-6-5-7-12-23)29(36)28(37-30)19-31-17-16-24-13-9-8-10-21(24)2/h5-15,18-19,32,36H,4,16-17,20H2,1-3H3. The number of carbonyl (C=O) groups is 1. The van der Waals surface area contributed by atoms with Crippen LogP contribution < -0.4 is 10.1 Å². The van der Waals surface area contributed by atoms with E-state index in [0.29, 0.717) is 34.0 Å². The first kappa shape index (κ1) is 26.1. The molecule has 7 heteroatoms. The number of thiazole rings is 1. The zero-order valence-electron chi connectivity index (χ0n) is 21.4. The average molecular weight is 513 g/mol. The van der Waals surface area contributed by atoms with Crippen molar-refractivity contribution >= 4 is 34.7 Å². The number of carbonyl (C=O) groups excluding carboxylic acids is 1. The number of nitrogens with one attached hydrogen (secondary N) is 1. The molecule has 0 aliphatic heterocycles. The lowest BCUT2D eigenvalue weighted by Gasteiger charge is -2.09. The zero-order valence-corrected chi connectivity index (χ0v) is 22.3. The summed E-state index contributed by atoms with van der Waals surface area (Å²) in [6.45, 7) is 7.47. The lowest BCUT2D eigenvalue weighted by molar-refractivity contribution is 0.101. The second kappa shape index (κ2) is 12.3. The number of hydrogen-bond donors (Lipinski definition) is 2. The highest BCUT2D eigenvalue weighted by atomic mass is 32.1. The Morgan fingerprint density at radius 2 is 1.84 bits per heavy atom. The van der Waals surface area contributed by atoms with E-state index in [1.54, 1.807) is 29.8 Å². The fourth-order valence-electron chi connectivity index (χ4n) is 4.01. The number of aromatic nitrogens is 1. The highest BCUT2D eigenvalue weighted by Crippen LogP contribution is 2.28. The number of rotatable bonds is 10. The Labute approximate surface area is 221 Å². The van der Waals surface area contributed by atoms with Crippen LogP contribution in [0, 0.1) is 6.92 Å². The van der Waals surface area contributed by atoms with Gasteiger partial charge >= 0.3 is 0 Å². The third-order valence-corrected chi connectivity index (χ3v) is 7.06. The second-order valence-electron chi connectivity index (χ2n) is 8.79. The molecule has 0 fully saturated rings. The number of aromatic hydroxyl groups is 1. The van der Waals surface area contributed by atoms with Gasteiger partial charge in [-0.3, -0.25) is 14.4 Å². The molecule has 0 radical (unpaired) electrons. The van der Waals surface area contributed by atoms with Gasteiger partial charge in [-0.2, -0.15) is 0 Å². The van der Waals surface area contributed by atoms with E-state index in [0.717, 1.165) is 24.2 Å². The topological polar surface area (TPSA) is 79.0 Å². The van der Waals surface area contributed by atoms with E-state index in [9.17, 15) is 9.90 Å². The van der Waals surface area contributed by atoms with Gasteiger partial charge in [-0.15, -0.1) is 0 Å². The molecule has 4 rings (SSSR count). The first-order valence-electron chi connectivity index (χ1n) is 12.4. The fourth-order valence-corrected chi connectivity index (χ4v) is 4.94. The maximum atomic E-state index is 12.0. The van der Waals surface area contributed by atoms with Crippen LogP contribution in [0.25, 0.3) is 0 Å². The van der Waals surface area contributed by atoms with Crippen molar-refractivity contribution in [3.8, 4) is 5.88 Å². The van der Waals surface area contributed by atoms with Gasteiger partial charge in [0.1, 0.15) is 4.88 Å². The Morgan fingerprint density at radius 1 is 1.08 bits per heavy atom. The Balaban J connectivity index is 1.72. The summed E-state index contributed by atoms with van der Waals surface area (Å²) in [5.74, 6) is 0.104. The van der Waals surface area contributed by atoms with Crippen LogP contribution in [0.15, 0.2) is 82.8 Å². The van der Waals surface area contributed by atoms with Gasteiger partial charge in [0.25, 0.3) is 0 Å². The zero-order chi connectivity index (χ0) is 26.2. The largest absolute Gasteiger partial charge is 0.493 e. The molecule has 0 aliphatic carbocycles. The minimum absolute atomic E-state index is 0.0211. The van der Waals surface area contributed by atoms with Crippen LogP contribution in [0.3, 0.4) is 0 Å². The average Bonchev–Trinajstić information content (AvgIpc) is 3.18. The molecular formula is C30H32N4O2S. The van der Waals surface area contributed by atoms with Crippen molar-refractivity contribution in [2.45, 2.75) is 33.7 Å². The monoisotopic (exact) mass is 512 g/mol. The van der Waals surface area contributed by atoms with Crippen LogP contribution in [0.1, 0.15) is 45.8 Å². The van der Waals surface area contributed by atoms with E-state index in [2.05, 4.69) is 29.4 Å². The molecule has 0 atom stereocenters. The maximum absolute atomic E-state index is 12.0. The van der Waals surface area contributed by atoms with Crippen LogP contribution in [0.5, 0.6) is 5.88 Å². The van der Waals surface area contributed by atoms with Gasteiger partial charge in [0, 0.05) is 24.9 Å². The van der Waals surface area contributed by atoms with E-state index < -0.39 is 0 Å². The molecular weight excluding hydrogens is 480 g/mol. The molecule has 190 valence electrons. The molecule has 3 aromatic carbocycles. The second-order valence-corrected chi connectivity index (χ2v) is 9.80. The molecule has 0 bridgehead atoms. The van der Waals surface area contributed by atoms with Gasteiger partial charge in [0.05, 0.1) is 17.9 Å². The maximum Gasteiger partial charge on any atom is 0.213 e. The number of hydrogen-bond acceptors (Lipinski definition) is 6. The molecule has 0 aliphatic rings. The van der Waals surface area contributed by atoms with E-state index in [-0.39, 0.29) is 11.7 Å². The molecule has 0 amide bonds.